The van der Waals surface area contributed by atoms with Crippen molar-refractivity contribution in [3.05, 3.63) is 0 Å². The minimum absolute atomic E-state index is 0.383. The van der Waals surface area contributed by atoms with Crippen LogP contribution < -0.4 is 0 Å². The molecule has 1 aliphatic heterocycles. The number of aliphatic hydroxyl groups is 1. The monoisotopic (exact) mass is 241 g/mol. The number of likely N-dealkylation sites (tertiary alicyclic amines) is 1. The van der Waals surface area contributed by atoms with Crippen molar-refractivity contribution < 1.29 is 5.11 Å². The molecule has 0 amide bonds. The molecule has 1 rings (SSSR count). The van der Waals surface area contributed by atoms with Crippen LogP contribution in [0.2, 0.25) is 0 Å². The predicted molar refractivity (Wildman–Crippen MR) is 74.2 cm³/mol. The van der Waals surface area contributed by atoms with Crippen LogP contribution in [0.25, 0.3) is 0 Å². The predicted octanol–water partition coefficient (Wildman–Crippen LogP) is 3.44. The second-order valence-electron chi connectivity index (χ2n) is 5.61. The van der Waals surface area contributed by atoms with Crippen LogP contribution in [0.15, 0.2) is 0 Å². The minimum atomic E-state index is 0.383. The van der Waals surface area contributed by atoms with E-state index in [1.807, 2.05) is 0 Å². The molecule has 1 saturated heterocycles. The summed E-state index contributed by atoms with van der Waals surface area (Å²) >= 11 is 0. The zero-order chi connectivity index (χ0) is 12.3. The highest BCUT2D eigenvalue weighted by atomic mass is 16.3. The van der Waals surface area contributed by atoms with E-state index in [1.165, 1.54) is 70.9 Å². The molecule has 1 atom stereocenters. The molecule has 2 heteroatoms. The summed E-state index contributed by atoms with van der Waals surface area (Å²) in [7, 11) is 0. The van der Waals surface area contributed by atoms with Crippen LogP contribution in [-0.2, 0) is 0 Å². The number of unbranched alkanes of at least 4 members (excludes halogenated alkanes) is 7. The van der Waals surface area contributed by atoms with Crippen LogP contribution >= 0.6 is 0 Å². The molecule has 0 spiro atoms. The largest absolute Gasteiger partial charge is 0.396 e. The Labute approximate surface area is 107 Å². The van der Waals surface area contributed by atoms with Crippen molar-refractivity contribution in [2.45, 2.75) is 64.7 Å². The molecule has 0 aliphatic carbocycles. The summed E-state index contributed by atoms with van der Waals surface area (Å²) in [5.74, 6) is 0.559. The molecule has 0 aromatic heterocycles. The highest BCUT2D eigenvalue weighted by Gasteiger charge is 2.20. The zero-order valence-corrected chi connectivity index (χ0v) is 11.7. The number of aliphatic hydroxyl groups excluding tert-OH is 1. The topological polar surface area (TPSA) is 23.5 Å². The Morgan fingerprint density at radius 2 is 1.65 bits per heavy atom. The molecule has 1 N–H and O–H groups in total. The summed E-state index contributed by atoms with van der Waals surface area (Å²) in [6, 6.07) is 0. The Balaban J connectivity index is 1.81. The number of hydrogen-bond donors (Lipinski definition) is 1. The van der Waals surface area contributed by atoms with Gasteiger partial charge in [0.05, 0.1) is 0 Å². The zero-order valence-electron chi connectivity index (χ0n) is 11.7. The quantitative estimate of drug-likeness (QED) is 0.592. The van der Waals surface area contributed by atoms with Gasteiger partial charge >= 0.3 is 0 Å². The van der Waals surface area contributed by atoms with Gasteiger partial charge < -0.3 is 10.0 Å². The van der Waals surface area contributed by atoms with Gasteiger partial charge in [-0.05, 0) is 31.8 Å². The number of hydrogen-bond acceptors (Lipinski definition) is 2. The van der Waals surface area contributed by atoms with Crippen molar-refractivity contribution in [1.29, 1.82) is 0 Å². The molecular formula is C15H31NO. The van der Waals surface area contributed by atoms with Crippen LogP contribution in [-0.4, -0.2) is 36.2 Å². The molecule has 1 heterocycles. The first-order chi connectivity index (χ1) is 8.36. The van der Waals surface area contributed by atoms with Crippen molar-refractivity contribution in [2.75, 3.05) is 26.2 Å². The Morgan fingerprint density at radius 3 is 2.24 bits per heavy atom. The SMILES string of the molecule is CCCCCCCCCCN1CCC(CO)C1. The Bertz CT molecular complexity index is 172. The molecule has 102 valence electrons. The molecule has 0 aromatic rings. The second-order valence-corrected chi connectivity index (χ2v) is 5.61. The smallest absolute Gasteiger partial charge is 0.0471 e. The first kappa shape index (κ1) is 15.0. The molecule has 2 nitrogen and oxygen atoms in total. The van der Waals surface area contributed by atoms with Gasteiger partial charge in [-0.3, -0.25) is 0 Å². The first-order valence-electron chi connectivity index (χ1n) is 7.70. The van der Waals surface area contributed by atoms with Crippen molar-refractivity contribution >= 4 is 0 Å². The molecule has 0 radical (unpaired) electrons. The molecule has 1 aliphatic rings. The maximum Gasteiger partial charge on any atom is 0.0471 e. The summed E-state index contributed by atoms with van der Waals surface area (Å²) in [5, 5.41) is 9.07. The van der Waals surface area contributed by atoms with Gasteiger partial charge in [0.15, 0.2) is 0 Å². The van der Waals surface area contributed by atoms with E-state index >= 15 is 0 Å². The molecule has 1 fully saturated rings. The van der Waals surface area contributed by atoms with Crippen molar-refractivity contribution in [3.8, 4) is 0 Å². The molecule has 0 bridgehead atoms. The lowest BCUT2D eigenvalue weighted by molar-refractivity contribution is 0.221. The summed E-state index contributed by atoms with van der Waals surface area (Å²) in [5.41, 5.74) is 0. The van der Waals surface area contributed by atoms with Crippen LogP contribution in [0.4, 0.5) is 0 Å². The van der Waals surface area contributed by atoms with E-state index in [-0.39, 0.29) is 0 Å². The van der Waals surface area contributed by atoms with E-state index in [4.69, 9.17) is 5.11 Å². The van der Waals surface area contributed by atoms with Gasteiger partial charge in [-0.2, -0.15) is 0 Å². The second kappa shape index (κ2) is 9.90. The van der Waals surface area contributed by atoms with E-state index in [0.717, 1.165) is 6.54 Å². The van der Waals surface area contributed by atoms with Crippen LogP contribution in [0.1, 0.15) is 64.7 Å². The molecule has 1 unspecified atom stereocenters. The van der Waals surface area contributed by atoms with Gasteiger partial charge in [0.1, 0.15) is 0 Å². The minimum Gasteiger partial charge on any atom is -0.396 e. The average molecular weight is 241 g/mol. The van der Waals surface area contributed by atoms with Gasteiger partial charge in [-0.15, -0.1) is 0 Å². The fraction of sp³-hybridized carbons (Fsp3) is 1.00. The van der Waals surface area contributed by atoms with E-state index in [9.17, 15) is 0 Å². The first-order valence-corrected chi connectivity index (χ1v) is 7.70. The molecule has 17 heavy (non-hydrogen) atoms. The van der Waals surface area contributed by atoms with Crippen molar-refractivity contribution in [1.82, 2.24) is 4.90 Å². The maximum absolute atomic E-state index is 9.07. The van der Waals surface area contributed by atoms with Crippen LogP contribution in [0.3, 0.4) is 0 Å². The number of rotatable bonds is 10. The fourth-order valence-electron chi connectivity index (χ4n) is 2.73. The highest BCUT2D eigenvalue weighted by Crippen LogP contribution is 2.16. The highest BCUT2D eigenvalue weighted by molar-refractivity contribution is 4.74. The normalized spacial score (nSPS) is 21.2. The fourth-order valence-corrected chi connectivity index (χ4v) is 2.73. The van der Waals surface area contributed by atoms with Crippen molar-refractivity contribution in [2.24, 2.45) is 5.92 Å². The molecule has 0 saturated carbocycles. The van der Waals surface area contributed by atoms with E-state index in [1.54, 1.807) is 0 Å². The lowest BCUT2D eigenvalue weighted by Gasteiger charge is -2.15. The maximum atomic E-state index is 9.07. The summed E-state index contributed by atoms with van der Waals surface area (Å²) < 4.78 is 0. The van der Waals surface area contributed by atoms with Gasteiger partial charge in [-0.1, -0.05) is 51.9 Å². The molecular weight excluding hydrogens is 210 g/mol. The Hall–Kier alpha value is -0.0800. The van der Waals surface area contributed by atoms with E-state index in [2.05, 4.69) is 11.8 Å². The third-order valence-electron chi connectivity index (χ3n) is 3.96. The summed E-state index contributed by atoms with van der Waals surface area (Å²) in [6.07, 6.45) is 12.4. The lowest BCUT2D eigenvalue weighted by atomic mass is 10.1. The summed E-state index contributed by atoms with van der Waals surface area (Å²) in [6.45, 7) is 6.25. The average Bonchev–Trinajstić information content (AvgIpc) is 2.80. The molecule has 0 aromatic carbocycles. The summed E-state index contributed by atoms with van der Waals surface area (Å²) in [4.78, 5) is 2.53. The van der Waals surface area contributed by atoms with Gasteiger partial charge in [0.25, 0.3) is 0 Å². The third-order valence-corrected chi connectivity index (χ3v) is 3.96. The van der Waals surface area contributed by atoms with Gasteiger partial charge in [0.2, 0.25) is 0 Å². The van der Waals surface area contributed by atoms with Crippen LogP contribution in [0, 0.1) is 5.92 Å². The standard InChI is InChI=1S/C15H31NO/c1-2-3-4-5-6-7-8-9-11-16-12-10-15(13-16)14-17/h15,17H,2-14H2,1H3. The third kappa shape index (κ3) is 7.05. The Kier molecular flexibility index (Phi) is 8.72. The van der Waals surface area contributed by atoms with Gasteiger partial charge in [0, 0.05) is 13.2 Å². The van der Waals surface area contributed by atoms with Gasteiger partial charge in [-0.25, -0.2) is 0 Å². The number of nitrogens with zero attached hydrogens (tertiary/aromatic N) is 1. The van der Waals surface area contributed by atoms with Crippen molar-refractivity contribution in [3.63, 3.8) is 0 Å². The van der Waals surface area contributed by atoms with E-state index in [0.29, 0.717) is 12.5 Å². The van der Waals surface area contributed by atoms with E-state index < -0.39 is 0 Å². The Morgan fingerprint density at radius 1 is 1.00 bits per heavy atom. The lowest BCUT2D eigenvalue weighted by Crippen LogP contribution is -2.22. The van der Waals surface area contributed by atoms with Crippen LogP contribution in [0.5, 0.6) is 0 Å².